The van der Waals surface area contributed by atoms with Crippen LogP contribution in [0.3, 0.4) is 0 Å². The maximum atomic E-state index is 12.9. The molecule has 1 unspecified atom stereocenters. The minimum Gasteiger partial charge on any atom is -0.335 e. The molecule has 1 aliphatic carbocycles. The summed E-state index contributed by atoms with van der Waals surface area (Å²) in [6.07, 6.45) is 3.22. The lowest BCUT2D eigenvalue weighted by Crippen LogP contribution is -2.44. The molecular formula is C16H21ClN2O. The van der Waals surface area contributed by atoms with Crippen LogP contribution in [-0.2, 0) is 11.3 Å². The van der Waals surface area contributed by atoms with Crippen molar-refractivity contribution < 1.29 is 4.79 Å². The third-order valence-electron chi connectivity index (χ3n) is 4.40. The zero-order valence-corrected chi connectivity index (χ0v) is 12.6. The van der Waals surface area contributed by atoms with Crippen LogP contribution < -0.4 is 5.32 Å². The molecule has 1 aliphatic heterocycles. The second kappa shape index (κ2) is 5.38. The summed E-state index contributed by atoms with van der Waals surface area (Å²) in [6, 6.07) is 8.26. The van der Waals surface area contributed by atoms with E-state index in [1.165, 1.54) is 0 Å². The molecule has 4 heteroatoms. The van der Waals surface area contributed by atoms with Crippen molar-refractivity contribution in [2.24, 2.45) is 5.41 Å². The summed E-state index contributed by atoms with van der Waals surface area (Å²) in [4.78, 5) is 15.0. The third-order valence-corrected chi connectivity index (χ3v) is 4.65. The van der Waals surface area contributed by atoms with Crippen LogP contribution in [0.4, 0.5) is 0 Å². The van der Waals surface area contributed by atoms with Crippen LogP contribution in [0.15, 0.2) is 24.3 Å². The SMILES string of the molecule is CC1(C(=O)N(Cc2ccc(Cl)cc2)C2CC2)CCNC1. The van der Waals surface area contributed by atoms with Gasteiger partial charge in [-0.1, -0.05) is 23.7 Å². The molecule has 108 valence electrons. The highest BCUT2D eigenvalue weighted by Crippen LogP contribution is 2.35. The zero-order chi connectivity index (χ0) is 14.2. The predicted molar refractivity (Wildman–Crippen MR) is 80.6 cm³/mol. The fourth-order valence-electron chi connectivity index (χ4n) is 2.89. The van der Waals surface area contributed by atoms with Crippen molar-refractivity contribution in [3.8, 4) is 0 Å². The van der Waals surface area contributed by atoms with Crippen molar-refractivity contribution in [3.05, 3.63) is 34.9 Å². The van der Waals surface area contributed by atoms with Gasteiger partial charge in [-0.2, -0.15) is 0 Å². The molecule has 1 atom stereocenters. The normalized spacial score (nSPS) is 25.7. The Morgan fingerprint density at radius 1 is 1.40 bits per heavy atom. The topological polar surface area (TPSA) is 32.3 Å². The lowest BCUT2D eigenvalue weighted by Gasteiger charge is -2.31. The number of carbonyl (C=O) groups excluding carboxylic acids is 1. The Morgan fingerprint density at radius 3 is 2.65 bits per heavy atom. The van der Waals surface area contributed by atoms with E-state index in [1.807, 2.05) is 24.3 Å². The molecule has 3 nitrogen and oxygen atoms in total. The Bertz CT molecular complexity index is 490. The van der Waals surface area contributed by atoms with E-state index in [2.05, 4.69) is 17.1 Å². The molecule has 0 aromatic heterocycles. The number of nitrogens with one attached hydrogen (secondary N) is 1. The summed E-state index contributed by atoms with van der Waals surface area (Å²) < 4.78 is 0. The van der Waals surface area contributed by atoms with Gasteiger partial charge in [0.2, 0.25) is 5.91 Å². The Balaban J connectivity index is 1.75. The number of benzene rings is 1. The lowest BCUT2D eigenvalue weighted by molar-refractivity contribution is -0.141. The molecule has 2 fully saturated rings. The first-order valence-electron chi connectivity index (χ1n) is 7.35. The monoisotopic (exact) mass is 292 g/mol. The Morgan fingerprint density at radius 2 is 2.10 bits per heavy atom. The predicted octanol–water partition coefficient (Wildman–Crippen LogP) is 2.83. The van der Waals surface area contributed by atoms with Crippen LogP contribution in [0.5, 0.6) is 0 Å². The fraction of sp³-hybridized carbons (Fsp3) is 0.562. The number of carbonyl (C=O) groups is 1. The summed E-state index contributed by atoms with van der Waals surface area (Å²) >= 11 is 5.92. The molecule has 1 amide bonds. The molecule has 1 aromatic carbocycles. The molecule has 0 radical (unpaired) electrons. The standard InChI is InChI=1S/C16H21ClN2O/c1-16(8-9-18-11-16)15(20)19(14-6-7-14)10-12-2-4-13(17)5-3-12/h2-5,14,18H,6-11H2,1H3. The van der Waals surface area contributed by atoms with E-state index in [0.717, 1.165) is 42.9 Å². The first kappa shape index (κ1) is 13.9. The fourth-order valence-corrected chi connectivity index (χ4v) is 3.01. The first-order valence-corrected chi connectivity index (χ1v) is 7.72. The lowest BCUT2D eigenvalue weighted by atomic mass is 9.88. The van der Waals surface area contributed by atoms with Crippen LogP contribution in [0.25, 0.3) is 0 Å². The van der Waals surface area contributed by atoms with Gasteiger partial charge in [-0.05, 0) is 50.4 Å². The molecule has 1 heterocycles. The third kappa shape index (κ3) is 2.84. The van der Waals surface area contributed by atoms with Crippen molar-refractivity contribution in [3.63, 3.8) is 0 Å². The second-order valence-electron chi connectivity index (χ2n) is 6.28. The van der Waals surface area contributed by atoms with Gasteiger partial charge in [0.05, 0.1) is 5.41 Å². The number of nitrogens with zero attached hydrogens (tertiary/aromatic N) is 1. The molecule has 0 bridgehead atoms. The molecule has 2 aliphatic rings. The van der Waals surface area contributed by atoms with Gasteiger partial charge >= 0.3 is 0 Å². The average Bonchev–Trinajstić information content (AvgIpc) is 3.19. The Labute approximate surface area is 125 Å². The molecular weight excluding hydrogens is 272 g/mol. The molecule has 20 heavy (non-hydrogen) atoms. The highest BCUT2D eigenvalue weighted by Gasteiger charge is 2.43. The van der Waals surface area contributed by atoms with Gasteiger partial charge in [-0.25, -0.2) is 0 Å². The highest BCUT2D eigenvalue weighted by molar-refractivity contribution is 6.30. The van der Waals surface area contributed by atoms with Gasteiger partial charge in [0, 0.05) is 24.2 Å². The first-order chi connectivity index (χ1) is 9.58. The van der Waals surface area contributed by atoms with E-state index >= 15 is 0 Å². The van der Waals surface area contributed by atoms with Gasteiger partial charge in [0.15, 0.2) is 0 Å². The van der Waals surface area contributed by atoms with E-state index < -0.39 is 0 Å². The van der Waals surface area contributed by atoms with E-state index in [0.29, 0.717) is 18.5 Å². The van der Waals surface area contributed by atoms with Gasteiger partial charge in [-0.15, -0.1) is 0 Å². The number of rotatable bonds is 4. The molecule has 1 saturated heterocycles. The molecule has 1 aromatic rings. The quantitative estimate of drug-likeness (QED) is 0.925. The number of hydrogen-bond acceptors (Lipinski definition) is 2. The molecule has 0 spiro atoms. The van der Waals surface area contributed by atoms with Gasteiger partial charge in [0.1, 0.15) is 0 Å². The number of amides is 1. The van der Waals surface area contributed by atoms with E-state index in [9.17, 15) is 4.79 Å². The Hall–Kier alpha value is -1.06. The second-order valence-corrected chi connectivity index (χ2v) is 6.71. The minimum absolute atomic E-state index is 0.227. The highest BCUT2D eigenvalue weighted by atomic mass is 35.5. The van der Waals surface area contributed by atoms with E-state index in [-0.39, 0.29) is 5.41 Å². The number of hydrogen-bond donors (Lipinski definition) is 1. The molecule has 3 rings (SSSR count). The summed E-state index contributed by atoms with van der Waals surface area (Å²) in [6.45, 7) is 4.54. The van der Waals surface area contributed by atoms with Crippen molar-refractivity contribution in [1.29, 1.82) is 0 Å². The summed E-state index contributed by atoms with van der Waals surface area (Å²) in [5.41, 5.74) is 0.930. The van der Waals surface area contributed by atoms with Crippen molar-refractivity contribution in [2.45, 2.75) is 38.8 Å². The molecule has 1 saturated carbocycles. The van der Waals surface area contributed by atoms with Crippen LogP contribution in [0.1, 0.15) is 31.7 Å². The van der Waals surface area contributed by atoms with E-state index in [4.69, 9.17) is 11.6 Å². The maximum absolute atomic E-state index is 12.9. The smallest absolute Gasteiger partial charge is 0.230 e. The van der Waals surface area contributed by atoms with Gasteiger partial charge in [-0.3, -0.25) is 4.79 Å². The molecule has 1 N–H and O–H groups in total. The van der Waals surface area contributed by atoms with Crippen LogP contribution in [-0.4, -0.2) is 29.9 Å². The zero-order valence-electron chi connectivity index (χ0n) is 11.9. The van der Waals surface area contributed by atoms with Gasteiger partial charge in [0.25, 0.3) is 0 Å². The summed E-state index contributed by atoms with van der Waals surface area (Å²) in [5, 5.41) is 4.06. The van der Waals surface area contributed by atoms with Gasteiger partial charge < -0.3 is 10.2 Å². The van der Waals surface area contributed by atoms with Crippen LogP contribution >= 0.6 is 11.6 Å². The van der Waals surface area contributed by atoms with Crippen molar-refractivity contribution in [2.75, 3.05) is 13.1 Å². The van der Waals surface area contributed by atoms with Crippen molar-refractivity contribution >= 4 is 17.5 Å². The largest absolute Gasteiger partial charge is 0.335 e. The van der Waals surface area contributed by atoms with E-state index in [1.54, 1.807) is 0 Å². The minimum atomic E-state index is -0.227. The Kier molecular flexibility index (Phi) is 3.74. The summed E-state index contributed by atoms with van der Waals surface area (Å²) in [7, 11) is 0. The van der Waals surface area contributed by atoms with Crippen LogP contribution in [0, 0.1) is 5.41 Å². The summed E-state index contributed by atoms with van der Waals surface area (Å²) in [5.74, 6) is 0.306. The maximum Gasteiger partial charge on any atom is 0.230 e. The van der Waals surface area contributed by atoms with Crippen molar-refractivity contribution in [1.82, 2.24) is 10.2 Å². The van der Waals surface area contributed by atoms with Crippen LogP contribution in [0.2, 0.25) is 5.02 Å². The number of halogens is 1. The average molecular weight is 293 g/mol.